The molecule has 126 valence electrons. The normalized spacial score (nSPS) is 25.3. The second-order valence-corrected chi connectivity index (χ2v) is 7.43. The first kappa shape index (κ1) is 16.3. The topological polar surface area (TPSA) is 42.0 Å². The van der Waals surface area contributed by atoms with Crippen LogP contribution in [-0.4, -0.2) is 47.4 Å². The third-order valence-electron chi connectivity index (χ3n) is 4.24. The third kappa shape index (κ3) is 4.24. The van der Waals surface area contributed by atoms with Gasteiger partial charge in [0, 0.05) is 32.1 Å². The maximum Gasteiger partial charge on any atom is 0.410 e. The molecule has 2 aliphatic rings. The minimum Gasteiger partial charge on any atom is -0.444 e. The molecule has 0 spiro atoms. The Balaban J connectivity index is 1.54. The van der Waals surface area contributed by atoms with Crippen molar-refractivity contribution in [1.29, 1.82) is 0 Å². The molecule has 0 saturated carbocycles. The van der Waals surface area contributed by atoms with Crippen molar-refractivity contribution in [2.45, 2.75) is 45.4 Å². The van der Waals surface area contributed by atoms with Crippen LogP contribution < -0.4 is 0 Å². The van der Waals surface area contributed by atoms with Crippen LogP contribution in [-0.2, 0) is 16.1 Å². The predicted octanol–water partition coefficient (Wildman–Crippen LogP) is 3.06. The highest BCUT2D eigenvalue weighted by Crippen LogP contribution is 2.30. The van der Waals surface area contributed by atoms with Crippen LogP contribution in [0.25, 0.3) is 0 Å². The molecule has 1 amide bonds. The Hall–Kier alpha value is -1.59. The molecule has 0 N–H and O–H groups in total. The fraction of sp³-hybridized carbons (Fsp3) is 0.611. The Morgan fingerprint density at radius 1 is 1.26 bits per heavy atom. The number of carbonyl (C=O) groups excluding carboxylic acids is 1. The fourth-order valence-corrected chi connectivity index (χ4v) is 3.20. The van der Waals surface area contributed by atoms with E-state index in [1.54, 1.807) is 0 Å². The van der Waals surface area contributed by atoms with E-state index in [9.17, 15) is 4.79 Å². The Kier molecular flexibility index (Phi) is 4.60. The van der Waals surface area contributed by atoms with E-state index in [4.69, 9.17) is 9.57 Å². The smallest absolute Gasteiger partial charge is 0.410 e. The van der Waals surface area contributed by atoms with Crippen molar-refractivity contribution in [2.24, 2.45) is 5.92 Å². The number of hydrogen-bond acceptors (Lipinski definition) is 4. The third-order valence-corrected chi connectivity index (χ3v) is 4.24. The molecule has 2 unspecified atom stereocenters. The van der Waals surface area contributed by atoms with Gasteiger partial charge in [-0.15, -0.1) is 0 Å². The lowest BCUT2D eigenvalue weighted by atomic mass is 9.96. The van der Waals surface area contributed by atoms with Gasteiger partial charge in [0.2, 0.25) is 0 Å². The fourth-order valence-electron chi connectivity index (χ4n) is 3.20. The van der Waals surface area contributed by atoms with E-state index < -0.39 is 5.60 Å². The Labute approximate surface area is 138 Å². The summed E-state index contributed by atoms with van der Waals surface area (Å²) >= 11 is 0. The van der Waals surface area contributed by atoms with Gasteiger partial charge in [-0.05, 0) is 32.8 Å². The summed E-state index contributed by atoms with van der Waals surface area (Å²) in [6.07, 6.45) is 0.879. The lowest BCUT2D eigenvalue weighted by Gasteiger charge is -2.34. The predicted molar refractivity (Wildman–Crippen MR) is 87.6 cm³/mol. The van der Waals surface area contributed by atoms with Crippen LogP contribution in [0.2, 0.25) is 0 Å². The summed E-state index contributed by atoms with van der Waals surface area (Å²) < 4.78 is 5.48. The summed E-state index contributed by atoms with van der Waals surface area (Å²) in [7, 11) is 0. The van der Waals surface area contributed by atoms with Crippen LogP contribution in [0.15, 0.2) is 30.3 Å². The number of hydroxylamine groups is 2. The number of nitrogens with zero attached hydrogens (tertiary/aromatic N) is 2. The molecule has 0 radical (unpaired) electrons. The number of amides is 1. The van der Waals surface area contributed by atoms with Gasteiger partial charge >= 0.3 is 6.09 Å². The second kappa shape index (κ2) is 6.49. The van der Waals surface area contributed by atoms with Crippen molar-refractivity contribution in [3.05, 3.63) is 35.9 Å². The summed E-state index contributed by atoms with van der Waals surface area (Å²) in [4.78, 5) is 20.1. The molecular weight excluding hydrogens is 292 g/mol. The van der Waals surface area contributed by atoms with Crippen LogP contribution in [0.4, 0.5) is 4.79 Å². The Morgan fingerprint density at radius 3 is 2.70 bits per heavy atom. The zero-order valence-corrected chi connectivity index (χ0v) is 14.2. The van der Waals surface area contributed by atoms with Gasteiger partial charge in [0.25, 0.3) is 0 Å². The van der Waals surface area contributed by atoms with E-state index >= 15 is 0 Å². The van der Waals surface area contributed by atoms with E-state index in [0.29, 0.717) is 19.0 Å². The van der Waals surface area contributed by atoms with Gasteiger partial charge in [-0.25, -0.2) is 4.79 Å². The van der Waals surface area contributed by atoms with Crippen molar-refractivity contribution in [3.63, 3.8) is 0 Å². The number of ether oxygens (including phenoxy) is 1. The largest absolute Gasteiger partial charge is 0.444 e. The van der Waals surface area contributed by atoms with Gasteiger partial charge in [-0.2, -0.15) is 5.06 Å². The minimum absolute atomic E-state index is 0.211. The molecule has 1 aromatic carbocycles. The van der Waals surface area contributed by atoms with Crippen LogP contribution in [0.3, 0.4) is 0 Å². The number of hydrogen-bond donors (Lipinski definition) is 0. The monoisotopic (exact) mass is 318 g/mol. The number of rotatable bonds is 2. The zero-order chi connectivity index (χ0) is 16.4. The van der Waals surface area contributed by atoms with Gasteiger partial charge in [0.05, 0.1) is 6.10 Å². The Morgan fingerprint density at radius 2 is 2.00 bits per heavy atom. The zero-order valence-electron chi connectivity index (χ0n) is 14.2. The number of piperidine rings is 1. The molecule has 0 aromatic heterocycles. The van der Waals surface area contributed by atoms with E-state index in [-0.39, 0.29) is 12.2 Å². The van der Waals surface area contributed by atoms with Crippen molar-refractivity contribution in [2.75, 3.05) is 19.6 Å². The molecule has 23 heavy (non-hydrogen) atoms. The molecule has 5 nitrogen and oxygen atoms in total. The molecule has 0 bridgehead atoms. The van der Waals surface area contributed by atoms with Crippen LogP contribution >= 0.6 is 0 Å². The van der Waals surface area contributed by atoms with Gasteiger partial charge in [0.1, 0.15) is 5.60 Å². The van der Waals surface area contributed by atoms with Crippen molar-refractivity contribution in [1.82, 2.24) is 9.96 Å². The number of benzene rings is 1. The first-order valence-electron chi connectivity index (χ1n) is 8.34. The summed E-state index contributed by atoms with van der Waals surface area (Å²) in [6, 6.07) is 10.3. The quantitative estimate of drug-likeness (QED) is 0.840. The van der Waals surface area contributed by atoms with E-state index in [2.05, 4.69) is 12.1 Å². The molecule has 2 aliphatic heterocycles. The van der Waals surface area contributed by atoms with Gasteiger partial charge in [-0.1, -0.05) is 30.3 Å². The number of likely N-dealkylation sites (tertiary alicyclic amines) is 1. The molecule has 2 atom stereocenters. The number of carbonyl (C=O) groups is 1. The SMILES string of the molecule is CC(C)(C)OC(=O)N1CCC2ON(Cc3ccccc3)CC2C1. The average Bonchev–Trinajstić information content (AvgIpc) is 2.87. The number of fused-ring (bicyclic) bond motifs is 1. The molecule has 2 fully saturated rings. The molecule has 0 aliphatic carbocycles. The summed E-state index contributed by atoms with van der Waals surface area (Å²) in [5, 5.41) is 2.03. The van der Waals surface area contributed by atoms with Crippen LogP contribution in [0, 0.1) is 5.92 Å². The van der Waals surface area contributed by atoms with E-state index in [0.717, 1.165) is 19.5 Å². The van der Waals surface area contributed by atoms with Gasteiger partial charge in [-0.3, -0.25) is 4.84 Å². The van der Waals surface area contributed by atoms with Gasteiger partial charge in [0.15, 0.2) is 0 Å². The van der Waals surface area contributed by atoms with Gasteiger partial charge < -0.3 is 9.64 Å². The molecule has 2 heterocycles. The van der Waals surface area contributed by atoms with Crippen LogP contribution in [0.5, 0.6) is 0 Å². The lowest BCUT2D eigenvalue weighted by Crippen LogP contribution is -2.47. The first-order chi connectivity index (χ1) is 10.9. The molecular formula is C18H26N2O3. The molecule has 3 rings (SSSR count). The second-order valence-electron chi connectivity index (χ2n) is 7.43. The Bertz CT molecular complexity index is 541. The highest BCUT2D eigenvalue weighted by atomic mass is 16.7. The maximum absolute atomic E-state index is 12.2. The summed E-state index contributed by atoms with van der Waals surface area (Å²) in [5.41, 5.74) is 0.801. The van der Waals surface area contributed by atoms with E-state index in [1.165, 1.54) is 5.56 Å². The minimum atomic E-state index is -0.445. The molecule has 5 heteroatoms. The van der Waals surface area contributed by atoms with Crippen LogP contribution in [0.1, 0.15) is 32.8 Å². The van der Waals surface area contributed by atoms with Crippen molar-refractivity contribution < 1.29 is 14.4 Å². The highest BCUT2D eigenvalue weighted by molar-refractivity contribution is 5.68. The highest BCUT2D eigenvalue weighted by Gasteiger charge is 2.40. The molecule has 1 aromatic rings. The standard InChI is InChI=1S/C18H26N2O3/c1-18(2,3)22-17(21)19-10-9-16-15(12-19)13-20(23-16)11-14-7-5-4-6-8-14/h4-8,15-16H,9-13H2,1-3H3. The van der Waals surface area contributed by atoms with Crippen molar-refractivity contribution >= 4 is 6.09 Å². The summed E-state index contributed by atoms with van der Waals surface area (Å²) in [5.74, 6) is 0.361. The van der Waals surface area contributed by atoms with E-state index in [1.807, 2.05) is 48.9 Å². The van der Waals surface area contributed by atoms with Crippen molar-refractivity contribution in [3.8, 4) is 0 Å². The maximum atomic E-state index is 12.2. The summed E-state index contributed by atoms with van der Waals surface area (Å²) in [6.45, 7) is 8.77. The lowest BCUT2D eigenvalue weighted by molar-refractivity contribution is -0.159. The molecule has 2 saturated heterocycles. The average molecular weight is 318 g/mol. The first-order valence-corrected chi connectivity index (χ1v) is 8.34.